The van der Waals surface area contributed by atoms with Gasteiger partial charge in [0, 0.05) is 44.5 Å². The fourth-order valence-corrected chi connectivity index (χ4v) is 5.04. The predicted octanol–water partition coefficient (Wildman–Crippen LogP) is 2.83. The van der Waals surface area contributed by atoms with Gasteiger partial charge < -0.3 is 14.6 Å². The SMILES string of the molecule is COCCn1nnnc1[C@H](c1cc2cc(C)cc(C)c2[nH]c1=O)N1CCN(c2ccc(F)cc2)CC1. The molecule has 188 valence electrons. The first-order valence-corrected chi connectivity index (χ1v) is 12.1. The molecule has 0 amide bonds. The summed E-state index contributed by atoms with van der Waals surface area (Å²) in [5.41, 5.74) is 4.44. The number of nitrogens with one attached hydrogen (secondary N) is 1. The minimum Gasteiger partial charge on any atom is -0.383 e. The number of benzene rings is 2. The molecule has 0 saturated carbocycles. The Morgan fingerprint density at radius 3 is 2.56 bits per heavy atom. The number of nitrogens with zero attached hydrogens (tertiary/aromatic N) is 6. The average molecular weight is 492 g/mol. The van der Waals surface area contributed by atoms with Crippen molar-refractivity contribution in [2.75, 3.05) is 44.8 Å². The van der Waals surface area contributed by atoms with Crippen LogP contribution in [0.1, 0.15) is 28.6 Å². The minimum atomic E-state index is -0.429. The molecule has 2 aromatic carbocycles. The normalized spacial score (nSPS) is 15.5. The number of aromatic nitrogens is 5. The van der Waals surface area contributed by atoms with E-state index < -0.39 is 6.04 Å². The standard InChI is InChI=1S/C26H30FN7O2/c1-17-14-18(2)23-19(15-17)16-22(26(35)28-23)24(25-29-30-31-34(25)12-13-36-3)33-10-8-32(9-11-33)21-6-4-20(27)5-7-21/h4-7,14-16,24H,8-13H2,1-3H3,(H,28,35)/t24-/m0/s1. The van der Waals surface area contributed by atoms with E-state index in [1.165, 1.54) is 12.1 Å². The highest BCUT2D eigenvalue weighted by atomic mass is 19.1. The zero-order valence-corrected chi connectivity index (χ0v) is 20.7. The van der Waals surface area contributed by atoms with Crippen LogP contribution in [0.2, 0.25) is 0 Å². The van der Waals surface area contributed by atoms with Crippen LogP contribution < -0.4 is 10.5 Å². The molecule has 0 radical (unpaired) electrons. The highest BCUT2D eigenvalue weighted by Gasteiger charge is 2.32. The summed E-state index contributed by atoms with van der Waals surface area (Å²) in [5, 5.41) is 13.4. The van der Waals surface area contributed by atoms with E-state index in [4.69, 9.17) is 4.74 Å². The molecule has 36 heavy (non-hydrogen) atoms. The lowest BCUT2D eigenvalue weighted by Crippen LogP contribution is -2.49. The second-order valence-corrected chi connectivity index (χ2v) is 9.25. The molecule has 1 aliphatic heterocycles. The van der Waals surface area contributed by atoms with Gasteiger partial charge in [0.2, 0.25) is 0 Å². The van der Waals surface area contributed by atoms with Crippen molar-refractivity contribution < 1.29 is 9.13 Å². The molecule has 1 aliphatic rings. The van der Waals surface area contributed by atoms with E-state index in [0.717, 1.165) is 40.8 Å². The number of aryl methyl sites for hydroxylation is 2. The lowest BCUT2D eigenvalue weighted by Gasteiger charge is -2.39. The van der Waals surface area contributed by atoms with Crippen LogP contribution in [0.5, 0.6) is 0 Å². The molecule has 1 N–H and O–H groups in total. The van der Waals surface area contributed by atoms with Gasteiger partial charge in [0.05, 0.1) is 18.7 Å². The second-order valence-electron chi connectivity index (χ2n) is 9.25. The molecule has 0 spiro atoms. The number of rotatable bonds is 7. The first kappa shape index (κ1) is 24.1. The van der Waals surface area contributed by atoms with Crippen molar-refractivity contribution in [3.8, 4) is 0 Å². The van der Waals surface area contributed by atoms with Gasteiger partial charge >= 0.3 is 0 Å². The Morgan fingerprint density at radius 1 is 1.08 bits per heavy atom. The summed E-state index contributed by atoms with van der Waals surface area (Å²) in [7, 11) is 1.63. The molecule has 0 bridgehead atoms. The third kappa shape index (κ3) is 4.74. The lowest BCUT2D eigenvalue weighted by molar-refractivity contribution is 0.171. The van der Waals surface area contributed by atoms with Crippen LogP contribution in [-0.4, -0.2) is 70.0 Å². The Bertz CT molecular complexity index is 1410. The zero-order chi connectivity index (χ0) is 25.2. The van der Waals surface area contributed by atoms with Crippen LogP contribution in [0.15, 0.2) is 47.3 Å². The van der Waals surface area contributed by atoms with Crippen molar-refractivity contribution in [3.05, 3.63) is 81.2 Å². The summed E-state index contributed by atoms with van der Waals surface area (Å²) in [5.74, 6) is 0.359. The largest absolute Gasteiger partial charge is 0.383 e. The summed E-state index contributed by atoms with van der Waals surface area (Å²) in [6.07, 6.45) is 0. The molecule has 0 unspecified atom stereocenters. The van der Waals surface area contributed by atoms with E-state index >= 15 is 0 Å². The first-order valence-electron chi connectivity index (χ1n) is 12.1. The molecule has 1 fully saturated rings. The van der Waals surface area contributed by atoms with Crippen LogP contribution in [0, 0.1) is 19.7 Å². The van der Waals surface area contributed by atoms with Crippen LogP contribution in [0.25, 0.3) is 10.9 Å². The number of pyridine rings is 1. The van der Waals surface area contributed by atoms with Crippen LogP contribution in [0.3, 0.4) is 0 Å². The fraction of sp³-hybridized carbons (Fsp3) is 0.385. The highest BCUT2D eigenvalue weighted by molar-refractivity contribution is 5.83. The Hall–Kier alpha value is -3.63. The van der Waals surface area contributed by atoms with Gasteiger partial charge in [-0.3, -0.25) is 9.69 Å². The maximum atomic E-state index is 13.5. The lowest BCUT2D eigenvalue weighted by atomic mass is 10.00. The van der Waals surface area contributed by atoms with Gasteiger partial charge in [-0.25, -0.2) is 9.07 Å². The Labute approximate surface area is 208 Å². The van der Waals surface area contributed by atoms with E-state index in [-0.39, 0.29) is 11.4 Å². The van der Waals surface area contributed by atoms with Gasteiger partial charge in [0.15, 0.2) is 5.82 Å². The van der Waals surface area contributed by atoms with Crippen molar-refractivity contribution in [1.29, 1.82) is 0 Å². The van der Waals surface area contributed by atoms with Crippen LogP contribution in [0.4, 0.5) is 10.1 Å². The van der Waals surface area contributed by atoms with Crippen LogP contribution >= 0.6 is 0 Å². The number of anilines is 1. The van der Waals surface area contributed by atoms with Crippen molar-refractivity contribution in [2.45, 2.75) is 26.4 Å². The van der Waals surface area contributed by atoms with E-state index in [0.29, 0.717) is 37.6 Å². The summed E-state index contributed by atoms with van der Waals surface area (Å²) < 4.78 is 20.4. The maximum Gasteiger partial charge on any atom is 0.253 e. The molecule has 1 atom stereocenters. The monoisotopic (exact) mass is 491 g/mol. The van der Waals surface area contributed by atoms with E-state index in [1.807, 2.05) is 13.0 Å². The highest BCUT2D eigenvalue weighted by Crippen LogP contribution is 2.29. The smallest absolute Gasteiger partial charge is 0.253 e. The van der Waals surface area contributed by atoms with Crippen LogP contribution in [-0.2, 0) is 11.3 Å². The molecule has 5 rings (SSSR count). The number of tetrazole rings is 1. The fourth-order valence-electron chi connectivity index (χ4n) is 5.04. The van der Waals surface area contributed by atoms with Gasteiger partial charge in [-0.15, -0.1) is 5.10 Å². The third-order valence-corrected chi connectivity index (χ3v) is 6.80. The molecular weight excluding hydrogens is 461 g/mol. The molecule has 4 aromatic rings. The Balaban J connectivity index is 1.53. The van der Waals surface area contributed by atoms with E-state index in [1.54, 1.807) is 23.9 Å². The number of halogens is 1. The number of hydrogen-bond donors (Lipinski definition) is 1. The molecule has 1 saturated heterocycles. The quantitative estimate of drug-likeness (QED) is 0.425. The predicted molar refractivity (Wildman–Crippen MR) is 136 cm³/mol. The number of piperazine rings is 1. The molecule has 9 nitrogen and oxygen atoms in total. The Morgan fingerprint density at radius 2 is 1.83 bits per heavy atom. The molecule has 10 heteroatoms. The summed E-state index contributed by atoms with van der Waals surface area (Å²) in [4.78, 5) is 21.0. The number of methoxy groups -OCH3 is 1. The van der Waals surface area contributed by atoms with Gasteiger partial charge in [0.1, 0.15) is 11.9 Å². The third-order valence-electron chi connectivity index (χ3n) is 6.80. The molecule has 2 aromatic heterocycles. The molecule has 3 heterocycles. The topological polar surface area (TPSA) is 92.2 Å². The summed E-state index contributed by atoms with van der Waals surface area (Å²) in [6.45, 7) is 7.81. The van der Waals surface area contributed by atoms with Crippen molar-refractivity contribution in [1.82, 2.24) is 30.1 Å². The minimum absolute atomic E-state index is 0.151. The van der Waals surface area contributed by atoms with Gasteiger partial charge in [-0.2, -0.15) is 0 Å². The Kier molecular flexibility index (Phi) is 6.80. The van der Waals surface area contributed by atoms with Crippen molar-refractivity contribution in [3.63, 3.8) is 0 Å². The average Bonchev–Trinajstić information content (AvgIpc) is 3.33. The number of hydrogen-bond acceptors (Lipinski definition) is 7. The zero-order valence-electron chi connectivity index (χ0n) is 20.7. The molecular formula is C26H30FN7O2. The van der Waals surface area contributed by atoms with Crippen molar-refractivity contribution >= 4 is 16.6 Å². The van der Waals surface area contributed by atoms with E-state index in [2.05, 4.69) is 49.4 Å². The second kappa shape index (κ2) is 10.2. The summed E-state index contributed by atoms with van der Waals surface area (Å²) >= 11 is 0. The number of H-pyrrole nitrogens is 1. The maximum absolute atomic E-state index is 13.5. The first-order chi connectivity index (χ1) is 17.4. The molecule has 0 aliphatic carbocycles. The van der Waals surface area contributed by atoms with Crippen molar-refractivity contribution in [2.24, 2.45) is 0 Å². The number of aromatic amines is 1. The summed E-state index contributed by atoms with van der Waals surface area (Å²) in [6, 6.07) is 12.2. The van der Waals surface area contributed by atoms with Gasteiger partial charge in [-0.1, -0.05) is 11.6 Å². The number of fused-ring (bicyclic) bond motifs is 1. The van der Waals surface area contributed by atoms with E-state index in [9.17, 15) is 9.18 Å². The number of ether oxygens (including phenoxy) is 1. The van der Waals surface area contributed by atoms with Gasteiger partial charge in [-0.05, 0) is 71.6 Å². The van der Waals surface area contributed by atoms with Gasteiger partial charge in [0.25, 0.3) is 5.56 Å².